The highest BCUT2D eigenvalue weighted by molar-refractivity contribution is 7.15. The van der Waals surface area contributed by atoms with Crippen LogP contribution in [-0.4, -0.2) is 27.4 Å². The summed E-state index contributed by atoms with van der Waals surface area (Å²) in [4.78, 5) is 29.8. The second kappa shape index (κ2) is 5.72. The van der Waals surface area contributed by atoms with E-state index in [-0.39, 0.29) is 29.1 Å². The van der Waals surface area contributed by atoms with Crippen LogP contribution in [0.5, 0.6) is 0 Å². The minimum absolute atomic E-state index is 0.119. The van der Waals surface area contributed by atoms with Crippen LogP contribution in [0.1, 0.15) is 42.5 Å². The molecular weight excluding hydrogens is 312 g/mol. The zero-order valence-electron chi connectivity index (χ0n) is 12.8. The smallest absolute Gasteiger partial charge is 0.271 e. The summed E-state index contributed by atoms with van der Waals surface area (Å²) in [5.41, 5.74) is 5.95. The molecule has 0 saturated heterocycles. The number of hydrogen-bond acceptors (Lipinski definition) is 5. The number of thiazole rings is 1. The minimum Gasteiger partial charge on any atom is -0.349 e. The van der Waals surface area contributed by atoms with Gasteiger partial charge >= 0.3 is 0 Å². The molecule has 2 bridgehead atoms. The molecule has 4 rings (SSSR count). The van der Waals surface area contributed by atoms with Gasteiger partial charge in [0.2, 0.25) is 0 Å². The van der Waals surface area contributed by atoms with Gasteiger partial charge in [-0.15, -0.1) is 11.3 Å². The van der Waals surface area contributed by atoms with Crippen molar-refractivity contribution in [2.75, 3.05) is 0 Å². The van der Waals surface area contributed by atoms with Gasteiger partial charge in [-0.3, -0.25) is 14.0 Å². The van der Waals surface area contributed by atoms with E-state index in [1.54, 1.807) is 11.6 Å². The first kappa shape index (κ1) is 14.8. The molecule has 122 valence electrons. The lowest BCUT2D eigenvalue weighted by atomic mass is 9.67. The Morgan fingerprint density at radius 3 is 2.83 bits per heavy atom. The lowest BCUT2D eigenvalue weighted by Crippen LogP contribution is -2.54. The number of aromatic nitrogens is 2. The number of carbonyl (C=O) groups is 1. The van der Waals surface area contributed by atoms with Gasteiger partial charge in [-0.2, -0.15) is 0 Å². The Labute approximate surface area is 137 Å². The molecule has 2 heterocycles. The van der Waals surface area contributed by atoms with Crippen molar-refractivity contribution in [2.45, 2.75) is 44.2 Å². The summed E-state index contributed by atoms with van der Waals surface area (Å²) in [6, 6.07) is 0.381. The number of nitrogens with zero attached hydrogens (tertiary/aromatic N) is 2. The monoisotopic (exact) mass is 332 g/mol. The van der Waals surface area contributed by atoms with E-state index in [4.69, 9.17) is 5.73 Å². The van der Waals surface area contributed by atoms with Crippen LogP contribution in [0.25, 0.3) is 4.96 Å². The van der Waals surface area contributed by atoms with E-state index in [9.17, 15) is 9.59 Å². The van der Waals surface area contributed by atoms with Gasteiger partial charge in [0.15, 0.2) is 4.96 Å². The quantitative estimate of drug-likeness (QED) is 0.870. The summed E-state index contributed by atoms with van der Waals surface area (Å²) in [6.45, 7) is 0. The van der Waals surface area contributed by atoms with Crippen LogP contribution in [-0.2, 0) is 0 Å². The first-order valence-corrected chi connectivity index (χ1v) is 9.03. The molecule has 1 amide bonds. The zero-order chi connectivity index (χ0) is 16.0. The lowest BCUT2D eigenvalue weighted by molar-refractivity contribution is 0.0754. The minimum atomic E-state index is -0.305. The van der Waals surface area contributed by atoms with Crippen LogP contribution < -0.4 is 16.6 Å². The molecule has 2 aromatic rings. The molecule has 2 aliphatic rings. The molecule has 2 saturated carbocycles. The van der Waals surface area contributed by atoms with E-state index in [1.165, 1.54) is 28.4 Å². The largest absolute Gasteiger partial charge is 0.349 e. The maximum atomic E-state index is 12.6. The van der Waals surface area contributed by atoms with Crippen LogP contribution in [0.3, 0.4) is 0 Å². The highest BCUT2D eigenvalue weighted by atomic mass is 32.1. The number of hydrogen-bond donors (Lipinski definition) is 2. The van der Waals surface area contributed by atoms with Gasteiger partial charge in [-0.25, -0.2) is 4.98 Å². The molecule has 2 atom stereocenters. The highest BCUT2D eigenvalue weighted by Gasteiger charge is 2.40. The maximum Gasteiger partial charge on any atom is 0.271 e. The van der Waals surface area contributed by atoms with Gasteiger partial charge in [-0.1, -0.05) is 6.42 Å². The predicted molar refractivity (Wildman–Crippen MR) is 88.6 cm³/mol. The van der Waals surface area contributed by atoms with Crippen LogP contribution in [0.2, 0.25) is 0 Å². The van der Waals surface area contributed by atoms with Crippen molar-refractivity contribution < 1.29 is 4.79 Å². The Hall–Kier alpha value is -1.73. The van der Waals surface area contributed by atoms with Gasteiger partial charge in [0.1, 0.15) is 5.56 Å². The van der Waals surface area contributed by atoms with Crippen molar-refractivity contribution in [3.63, 3.8) is 0 Å². The number of amides is 1. The number of carbonyl (C=O) groups excluding carboxylic acids is 1. The zero-order valence-corrected chi connectivity index (χ0v) is 13.6. The number of nitrogens with two attached hydrogens (primary N) is 1. The Kier molecular flexibility index (Phi) is 3.69. The average molecular weight is 332 g/mol. The average Bonchev–Trinajstić information content (AvgIpc) is 2.98. The third-order valence-corrected chi connectivity index (χ3v) is 6.03. The Bertz CT molecular complexity index is 785. The molecule has 6 nitrogen and oxygen atoms in total. The van der Waals surface area contributed by atoms with E-state index in [2.05, 4.69) is 10.3 Å². The van der Waals surface area contributed by atoms with Crippen molar-refractivity contribution in [3.8, 4) is 0 Å². The molecule has 2 aromatic heterocycles. The summed E-state index contributed by atoms with van der Waals surface area (Å²) >= 11 is 1.38. The summed E-state index contributed by atoms with van der Waals surface area (Å²) in [5.74, 6) is 0.560. The summed E-state index contributed by atoms with van der Waals surface area (Å²) in [7, 11) is 0. The highest BCUT2D eigenvalue weighted by Crippen LogP contribution is 2.39. The van der Waals surface area contributed by atoms with Crippen molar-refractivity contribution in [3.05, 3.63) is 33.7 Å². The SMILES string of the molecule is NC1CC2CCCC(C1)C2NC(=O)c1cnc2sccn2c1=O. The molecule has 0 aromatic carbocycles. The fourth-order valence-electron chi connectivity index (χ4n) is 4.23. The first-order valence-electron chi connectivity index (χ1n) is 8.15. The molecule has 0 aliphatic heterocycles. The molecule has 0 radical (unpaired) electrons. The summed E-state index contributed by atoms with van der Waals surface area (Å²) < 4.78 is 1.43. The van der Waals surface area contributed by atoms with E-state index < -0.39 is 0 Å². The third kappa shape index (κ3) is 2.57. The fourth-order valence-corrected chi connectivity index (χ4v) is 4.91. The molecular formula is C16H20N4O2S. The van der Waals surface area contributed by atoms with Crippen LogP contribution in [0, 0.1) is 11.8 Å². The van der Waals surface area contributed by atoms with Gasteiger partial charge < -0.3 is 11.1 Å². The van der Waals surface area contributed by atoms with Gasteiger partial charge in [0.05, 0.1) is 0 Å². The van der Waals surface area contributed by atoms with Crippen LogP contribution >= 0.6 is 11.3 Å². The molecule has 2 unspecified atom stereocenters. The molecule has 3 N–H and O–H groups in total. The van der Waals surface area contributed by atoms with Crippen molar-refractivity contribution >= 4 is 22.2 Å². The van der Waals surface area contributed by atoms with E-state index in [0.29, 0.717) is 16.8 Å². The fraction of sp³-hybridized carbons (Fsp3) is 0.562. The van der Waals surface area contributed by atoms with Crippen molar-refractivity contribution in [1.82, 2.24) is 14.7 Å². The topological polar surface area (TPSA) is 89.5 Å². The van der Waals surface area contributed by atoms with Crippen LogP contribution in [0.15, 0.2) is 22.6 Å². The predicted octanol–water partition coefficient (Wildman–Crippen LogP) is 1.39. The second-order valence-electron chi connectivity index (χ2n) is 6.71. The van der Waals surface area contributed by atoms with Gasteiger partial charge in [0.25, 0.3) is 11.5 Å². The van der Waals surface area contributed by atoms with E-state index in [0.717, 1.165) is 25.7 Å². The molecule has 2 aliphatic carbocycles. The van der Waals surface area contributed by atoms with Crippen LogP contribution in [0.4, 0.5) is 0 Å². The first-order chi connectivity index (χ1) is 11.1. The lowest BCUT2D eigenvalue weighted by Gasteiger charge is -2.45. The normalized spacial score (nSPS) is 30.3. The molecule has 23 heavy (non-hydrogen) atoms. The van der Waals surface area contributed by atoms with E-state index in [1.807, 2.05) is 0 Å². The number of fused-ring (bicyclic) bond motifs is 3. The Morgan fingerprint density at radius 2 is 2.09 bits per heavy atom. The second-order valence-corrected chi connectivity index (χ2v) is 7.59. The van der Waals surface area contributed by atoms with E-state index >= 15 is 0 Å². The van der Waals surface area contributed by atoms with Gasteiger partial charge in [0, 0.05) is 29.9 Å². The Morgan fingerprint density at radius 1 is 1.35 bits per heavy atom. The summed E-state index contributed by atoms with van der Waals surface area (Å²) in [5, 5.41) is 4.90. The molecule has 0 spiro atoms. The Balaban J connectivity index is 1.59. The van der Waals surface area contributed by atoms with Gasteiger partial charge in [-0.05, 0) is 37.5 Å². The molecule has 2 fully saturated rings. The maximum absolute atomic E-state index is 12.6. The van der Waals surface area contributed by atoms with Crippen molar-refractivity contribution in [1.29, 1.82) is 0 Å². The standard InChI is InChI=1S/C16H20N4O2S/c17-11-6-9-2-1-3-10(7-11)13(9)19-14(21)12-8-18-16-20(15(12)22)4-5-23-16/h4-5,8-11,13H,1-3,6-7,17H2,(H,19,21). The number of rotatable bonds is 2. The summed E-state index contributed by atoms with van der Waals surface area (Å²) in [6.07, 6.45) is 8.39. The van der Waals surface area contributed by atoms with Crippen molar-refractivity contribution in [2.24, 2.45) is 17.6 Å². The third-order valence-electron chi connectivity index (χ3n) is 5.26. The number of nitrogens with one attached hydrogen (secondary N) is 1. The molecule has 7 heteroatoms.